The van der Waals surface area contributed by atoms with Gasteiger partial charge in [0.15, 0.2) is 0 Å². The highest BCUT2D eigenvalue weighted by Crippen LogP contribution is 2.24. The van der Waals surface area contributed by atoms with Gasteiger partial charge in [-0.25, -0.2) is 0 Å². The van der Waals surface area contributed by atoms with Crippen molar-refractivity contribution >= 4 is 11.9 Å². The SMILES string of the molecule is CN(CCCC(=O)O)C(=O)C1CCCCCC1. The smallest absolute Gasteiger partial charge is 0.303 e. The second-order valence-electron chi connectivity index (χ2n) is 4.95. The van der Waals surface area contributed by atoms with Crippen molar-refractivity contribution in [3.05, 3.63) is 0 Å². The van der Waals surface area contributed by atoms with Gasteiger partial charge in [-0.1, -0.05) is 25.7 Å². The molecule has 4 heteroatoms. The zero-order chi connectivity index (χ0) is 12.7. The van der Waals surface area contributed by atoms with Gasteiger partial charge in [-0.2, -0.15) is 0 Å². The predicted octanol–water partition coefficient (Wildman–Crippen LogP) is 2.28. The molecule has 98 valence electrons. The van der Waals surface area contributed by atoms with Crippen molar-refractivity contribution in [2.75, 3.05) is 13.6 Å². The summed E-state index contributed by atoms with van der Waals surface area (Å²) in [6.45, 7) is 0.557. The third kappa shape index (κ3) is 5.20. The van der Waals surface area contributed by atoms with E-state index >= 15 is 0 Å². The number of aliphatic carboxylic acids is 1. The number of carboxylic acid groups (broad SMARTS) is 1. The zero-order valence-corrected chi connectivity index (χ0v) is 10.7. The first kappa shape index (κ1) is 14.0. The van der Waals surface area contributed by atoms with Crippen molar-refractivity contribution in [1.82, 2.24) is 4.90 Å². The van der Waals surface area contributed by atoms with Crippen molar-refractivity contribution in [3.63, 3.8) is 0 Å². The van der Waals surface area contributed by atoms with Gasteiger partial charge >= 0.3 is 5.97 Å². The second-order valence-corrected chi connectivity index (χ2v) is 4.95. The summed E-state index contributed by atoms with van der Waals surface area (Å²) >= 11 is 0. The highest BCUT2D eigenvalue weighted by molar-refractivity contribution is 5.78. The minimum atomic E-state index is -0.791. The topological polar surface area (TPSA) is 57.6 Å². The molecule has 1 rings (SSSR count). The number of hydrogen-bond donors (Lipinski definition) is 1. The molecule has 0 bridgehead atoms. The Hall–Kier alpha value is -1.06. The molecule has 0 aromatic carbocycles. The highest BCUT2D eigenvalue weighted by Gasteiger charge is 2.22. The normalized spacial score (nSPS) is 17.5. The molecule has 17 heavy (non-hydrogen) atoms. The van der Waals surface area contributed by atoms with E-state index in [-0.39, 0.29) is 18.2 Å². The number of carbonyl (C=O) groups excluding carboxylic acids is 1. The summed E-state index contributed by atoms with van der Waals surface area (Å²) in [4.78, 5) is 24.2. The van der Waals surface area contributed by atoms with Crippen LogP contribution in [0, 0.1) is 5.92 Å². The molecule has 0 atom stereocenters. The Morgan fingerprint density at radius 1 is 1.18 bits per heavy atom. The fraction of sp³-hybridized carbons (Fsp3) is 0.846. The molecule has 0 saturated heterocycles. The van der Waals surface area contributed by atoms with Crippen LogP contribution in [0.15, 0.2) is 0 Å². The molecule has 0 aliphatic heterocycles. The van der Waals surface area contributed by atoms with Crippen molar-refractivity contribution in [3.8, 4) is 0 Å². The molecule has 1 saturated carbocycles. The van der Waals surface area contributed by atoms with Crippen LogP contribution < -0.4 is 0 Å². The molecule has 1 aliphatic rings. The van der Waals surface area contributed by atoms with Crippen molar-refractivity contribution in [2.45, 2.75) is 51.4 Å². The van der Waals surface area contributed by atoms with Gasteiger partial charge in [0.1, 0.15) is 0 Å². The highest BCUT2D eigenvalue weighted by atomic mass is 16.4. The van der Waals surface area contributed by atoms with Gasteiger partial charge in [-0.15, -0.1) is 0 Å². The quantitative estimate of drug-likeness (QED) is 0.751. The number of nitrogens with zero attached hydrogens (tertiary/aromatic N) is 1. The van der Waals surface area contributed by atoms with Crippen molar-refractivity contribution in [2.24, 2.45) is 5.92 Å². The monoisotopic (exact) mass is 241 g/mol. The Morgan fingerprint density at radius 3 is 2.29 bits per heavy atom. The summed E-state index contributed by atoms with van der Waals surface area (Å²) in [5.41, 5.74) is 0. The molecule has 0 spiro atoms. The molecular weight excluding hydrogens is 218 g/mol. The summed E-state index contributed by atoms with van der Waals surface area (Å²) in [6, 6.07) is 0. The number of carbonyl (C=O) groups is 2. The van der Waals surface area contributed by atoms with E-state index in [9.17, 15) is 9.59 Å². The predicted molar refractivity (Wildman–Crippen MR) is 65.7 cm³/mol. The first-order chi connectivity index (χ1) is 8.11. The Labute approximate surface area is 103 Å². The van der Waals surface area contributed by atoms with Crippen LogP contribution in [0.1, 0.15) is 51.4 Å². The first-order valence-electron chi connectivity index (χ1n) is 6.58. The molecule has 1 aliphatic carbocycles. The van der Waals surface area contributed by atoms with Crippen LogP contribution in [0.25, 0.3) is 0 Å². The van der Waals surface area contributed by atoms with Gasteiger partial charge in [0.05, 0.1) is 0 Å². The van der Waals surface area contributed by atoms with Crippen LogP contribution >= 0.6 is 0 Å². The molecule has 0 aromatic heterocycles. The Balaban J connectivity index is 2.31. The van der Waals surface area contributed by atoms with Gasteiger partial charge in [-0.05, 0) is 19.3 Å². The van der Waals surface area contributed by atoms with E-state index in [2.05, 4.69) is 0 Å². The molecule has 0 aromatic rings. The van der Waals surface area contributed by atoms with Gasteiger partial charge < -0.3 is 10.0 Å². The maximum absolute atomic E-state index is 12.1. The summed E-state index contributed by atoms with van der Waals surface area (Å²) in [5.74, 6) is -0.412. The van der Waals surface area contributed by atoms with Gasteiger partial charge in [-0.3, -0.25) is 9.59 Å². The van der Waals surface area contributed by atoms with Crippen LogP contribution in [-0.4, -0.2) is 35.5 Å². The lowest BCUT2D eigenvalue weighted by Gasteiger charge is -2.22. The van der Waals surface area contributed by atoms with E-state index < -0.39 is 5.97 Å². The van der Waals surface area contributed by atoms with E-state index in [1.165, 1.54) is 12.8 Å². The third-order valence-electron chi connectivity index (χ3n) is 3.46. The number of amides is 1. The zero-order valence-electron chi connectivity index (χ0n) is 10.7. The summed E-state index contributed by atoms with van der Waals surface area (Å²) in [5, 5.41) is 8.55. The first-order valence-corrected chi connectivity index (χ1v) is 6.58. The molecule has 0 radical (unpaired) electrons. The maximum Gasteiger partial charge on any atom is 0.303 e. The van der Waals surface area contributed by atoms with Gasteiger partial charge in [0.2, 0.25) is 5.91 Å². The lowest BCUT2D eigenvalue weighted by molar-refractivity contribution is -0.138. The third-order valence-corrected chi connectivity index (χ3v) is 3.46. The Bertz CT molecular complexity index is 257. The van der Waals surface area contributed by atoms with Crippen LogP contribution in [0.2, 0.25) is 0 Å². The van der Waals surface area contributed by atoms with Crippen molar-refractivity contribution in [1.29, 1.82) is 0 Å². The Morgan fingerprint density at radius 2 is 1.76 bits per heavy atom. The molecule has 0 unspecified atom stereocenters. The molecule has 1 N–H and O–H groups in total. The summed E-state index contributed by atoms with van der Waals surface area (Å²) in [6.07, 6.45) is 7.48. The minimum absolute atomic E-state index is 0.141. The minimum Gasteiger partial charge on any atom is -0.481 e. The second kappa shape index (κ2) is 7.30. The van der Waals surface area contributed by atoms with Gasteiger partial charge in [0.25, 0.3) is 0 Å². The fourth-order valence-corrected chi connectivity index (χ4v) is 2.42. The fourth-order valence-electron chi connectivity index (χ4n) is 2.42. The van der Waals surface area contributed by atoms with Crippen LogP contribution in [0.3, 0.4) is 0 Å². The van der Waals surface area contributed by atoms with Crippen LogP contribution in [-0.2, 0) is 9.59 Å². The lowest BCUT2D eigenvalue weighted by atomic mass is 9.99. The standard InChI is InChI=1S/C13H23NO3/c1-14(10-6-9-12(15)16)13(17)11-7-4-2-3-5-8-11/h11H,2-10H2,1H3,(H,15,16). The van der Waals surface area contributed by atoms with E-state index in [4.69, 9.17) is 5.11 Å². The van der Waals surface area contributed by atoms with Crippen LogP contribution in [0.4, 0.5) is 0 Å². The summed E-state index contributed by atoms with van der Waals surface area (Å²) < 4.78 is 0. The number of rotatable bonds is 5. The maximum atomic E-state index is 12.1. The lowest BCUT2D eigenvalue weighted by Crippen LogP contribution is -2.33. The Kier molecular flexibility index (Phi) is 6.01. The van der Waals surface area contributed by atoms with E-state index in [0.717, 1.165) is 25.7 Å². The summed E-state index contributed by atoms with van der Waals surface area (Å²) in [7, 11) is 1.79. The molecule has 1 fully saturated rings. The number of hydrogen-bond acceptors (Lipinski definition) is 2. The van der Waals surface area contributed by atoms with Gasteiger partial charge in [0, 0.05) is 25.9 Å². The molecule has 0 heterocycles. The van der Waals surface area contributed by atoms with E-state index in [1.807, 2.05) is 0 Å². The average molecular weight is 241 g/mol. The number of carboxylic acids is 1. The van der Waals surface area contributed by atoms with E-state index in [1.54, 1.807) is 11.9 Å². The van der Waals surface area contributed by atoms with E-state index in [0.29, 0.717) is 13.0 Å². The molecule has 4 nitrogen and oxygen atoms in total. The van der Waals surface area contributed by atoms with Crippen LogP contribution in [0.5, 0.6) is 0 Å². The average Bonchev–Trinajstić information content (AvgIpc) is 2.55. The molecular formula is C13H23NO3. The van der Waals surface area contributed by atoms with Crippen molar-refractivity contribution < 1.29 is 14.7 Å². The largest absolute Gasteiger partial charge is 0.481 e. The molecule has 1 amide bonds.